The molecule has 0 unspecified atom stereocenters. The van der Waals surface area contributed by atoms with Crippen molar-refractivity contribution in [1.29, 1.82) is 0 Å². The normalized spacial score (nSPS) is 13.7. The van der Waals surface area contributed by atoms with Crippen molar-refractivity contribution in [2.24, 2.45) is 0 Å². The van der Waals surface area contributed by atoms with Crippen LogP contribution in [0.4, 0.5) is 5.69 Å². The Morgan fingerprint density at radius 2 is 1.84 bits per heavy atom. The van der Waals surface area contributed by atoms with Gasteiger partial charge in [-0.15, -0.1) is 0 Å². The number of nitrogens with zero attached hydrogens (tertiary/aromatic N) is 1. The molecule has 1 aliphatic heterocycles. The fourth-order valence-electron chi connectivity index (χ4n) is 3.09. The molecular formula is C18H21N. The molecule has 98 valence electrons. The molecule has 0 aromatic heterocycles. The maximum Gasteiger partial charge on any atom is 0.0404 e. The van der Waals surface area contributed by atoms with E-state index in [0.29, 0.717) is 0 Å². The zero-order valence-electron chi connectivity index (χ0n) is 11.8. The Bertz CT molecular complexity index is 572. The van der Waals surface area contributed by atoms with Crippen molar-refractivity contribution in [3.8, 4) is 0 Å². The summed E-state index contributed by atoms with van der Waals surface area (Å²) < 4.78 is 0. The molecule has 0 fully saturated rings. The van der Waals surface area contributed by atoms with E-state index in [9.17, 15) is 0 Å². The van der Waals surface area contributed by atoms with Crippen LogP contribution in [0.1, 0.15) is 22.3 Å². The van der Waals surface area contributed by atoms with Gasteiger partial charge < -0.3 is 4.90 Å². The minimum absolute atomic E-state index is 1.12. The van der Waals surface area contributed by atoms with Gasteiger partial charge in [-0.25, -0.2) is 0 Å². The molecule has 0 radical (unpaired) electrons. The van der Waals surface area contributed by atoms with Crippen LogP contribution in [-0.4, -0.2) is 13.1 Å². The average Bonchev–Trinajstić information content (AvgIpc) is 2.81. The molecule has 0 aliphatic carbocycles. The molecule has 2 aromatic rings. The van der Waals surface area contributed by atoms with Crippen LogP contribution in [0.5, 0.6) is 0 Å². The van der Waals surface area contributed by atoms with Gasteiger partial charge in [-0.1, -0.05) is 36.4 Å². The van der Waals surface area contributed by atoms with Crippen molar-refractivity contribution in [2.45, 2.75) is 26.7 Å². The molecule has 0 amide bonds. The Hall–Kier alpha value is -1.76. The highest BCUT2D eigenvalue weighted by molar-refractivity contribution is 5.62. The lowest BCUT2D eigenvalue weighted by Gasteiger charge is -2.20. The zero-order chi connectivity index (χ0) is 13.2. The van der Waals surface area contributed by atoms with Gasteiger partial charge in [0.15, 0.2) is 0 Å². The van der Waals surface area contributed by atoms with E-state index in [4.69, 9.17) is 0 Å². The van der Waals surface area contributed by atoms with E-state index in [0.717, 1.165) is 13.0 Å². The lowest BCUT2D eigenvalue weighted by Crippen LogP contribution is -2.23. The van der Waals surface area contributed by atoms with Gasteiger partial charge in [-0.2, -0.15) is 0 Å². The van der Waals surface area contributed by atoms with Crippen LogP contribution in [0.25, 0.3) is 0 Å². The Morgan fingerprint density at radius 3 is 2.63 bits per heavy atom. The van der Waals surface area contributed by atoms with E-state index in [1.165, 1.54) is 35.3 Å². The molecule has 19 heavy (non-hydrogen) atoms. The van der Waals surface area contributed by atoms with Gasteiger partial charge in [-0.05, 0) is 55.0 Å². The number of hydrogen-bond acceptors (Lipinski definition) is 1. The van der Waals surface area contributed by atoms with Crippen LogP contribution in [0.15, 0.2) is 42.5 Å². The van der Waals surface area contributed by atoms with Gasteiger partial charge in [0.2, 0.25) is 0 Å². The highest BCUT2D eigenvalue weighted by atomic mass is 15.1. The maximum atomic E-state index is 2.54. The highest BCUT2D eigenvalue weighted by Gasteiger charge is 2.20. The second-order valence-corrected chi connectivity index (χ2v) is 5.55. The van der Waals surface area contributed by atoms with Crippen molar-refractivity contribution in [3.05, 3.63) is 64.7 Å². The number of benzene rings is 2. The van der Waals surface area contributed by atoms with Gasteiger partial charge in [0.25, 0.3) is 0 Å². The maximum absolute atomic E-state index is 2.54. The molecular weight excluding hydrogens is 230 g/mol. The third-order valence-electron chi connectivity index (χ3n) is 4.08. The Morgan fingerprint density at radius 1 is 1.05 bits per heavy atom. The number of aryl methyl sites for hydroxylation is 2. The highest BCUT2D eigenvalue weighted by Crippen LogP contribution is 2.31. The van der Waals surface area contributed by atoms with Gasteiger partial charge in [0.05, 0.1) is 0 Å². The lowest BCUT2D eigenvalue weighted by atomic mass is 10.0. The first-order valence-corrected chi connectivity index (χ1v) is 7.13. The summed E-state index contributed by atoms with van der Waals surface area (Å²) in [7, 11) is 0. The quantitative estimate of drug-likeness (QED) is 0.799. The fourth-order valence-corrected chi connectivity index (χ4v) is 3.09. The van der Waals surface area contributed by atoms with Crippen LogP contribution in [0.3, 0.4) is 0 Å². The summed E-state index contributed by atoms with van der Waals surface area (Å²) in [6, 6.07) is 15.4. The first-order chi connectivity index (χ1) is 9.24. The molecule has 1 aliphatic rings. The largest absolute Gasteiger partial charge is 0.371 e. The Balaban J connectivity index is 1.76. The van der Waals surface area contributed by atoms with Crippen molar-refractivity contribution < 1.29 is 0 Å². The van der Waals surface area contributed by atoms with Gasteiger partial charge in [0.1, 0.15) is 0 Å². The number of anilines is 1. The average molecular weight is 251 g/mol. The molecule has 0 N–H and O–H groups in total. The van der Waals surface area contributed by atoms with E-state index in [-0.39, 0.29) is 0 Å². The topological polar surface area (TPSA) is 3.24 Å². The minimum atomic E-state index is 1.12. The summed E-state index contributed by atoms with van der Waals surface area (Å²) in [6.07, 6.45) is 2.34. The summed E-state index contributed by atoms with van der Waals surface area (Å²) in [5.74, 6) is 0. The molecule has 3 rings (SSSR count). The molecule has 1 nitrogen and oxygen atoms in total. The molecule has 1 heteroatoms. The molecule has 0 spiro atoms. The third kappa shape index (κ3) is 2.51. The van der Waals surface area contributed by atoms with E-state index >= 15 is 0 Å². The molecule has 0 saturated carbocycles. The van der Waals surface area contributed by atoms with Crippen molar-refractivity contribution in [3.63, 3.8) is 0 Å². The standard InChI is InChI=1S/C18H21N/c1-14-12-15(2)17-9-11-19(18(17)13-14)10-8-16-6-4-3-5-7-16/h3-7,12-13H,8-11H2,1-2H3. The number of hydrogen-bond donors (Lipinski definition) is 0. The van der Waals surface area contributed by atoms with Crippen LogP contribution in [0.2, 0.25) is 0 Å². The lowest BCUT2D eigenvalue weighted by molar-refractivity contribution is 0.813. The van der Waals surface area contributed by atoms with Crippen molar-refractivity contribution >= 4 is 5.69 Å². The third-order valence-corrected chi connectivity index (χ3v) is 4.08. The SMILES string of the molecule is Cc1cc(C)c2c(c1)N(CCc1ccccc1)CC2. The first kappa shape index (κ1) is 12.3. The van der Waals surface area contributed by atoms with E-state index in [1.54, 1.807) is 5.56 Å². The zero-order valence-corrected chi connectivity index (χ0v) is 11.8. The number of fused-ring (bicyclic) bond motifs is 1. The summed E-state index contributed by atoms with van der Waals surface area (Å²) in [6.45, 7) is 6.74. The van der Waals surface area contributed by atoms with Gasteiger partial charge in [-0.3, -0.25) is 0 Å². The van der Waals surface area contributed by atoms with Crippen LogP contribution in [-0.2, 0) is 12.8 Å². The summed E-state index contributed by atoms with van der Waals surface area (Å²) in [4.78, 5) is 2.54. The van der Waals surface area contributed by atoms with E-state index in [2.05, 4.69) is 61.2 Å². The predicted molar refractivity (Wildman–Crippen MR) is 82.0 cm³/mol. The van der Waals surface area contributed by atoms with Gasteiger partial charge >= 0.3 is 0 Å². The molecule has 0 bridgehead atoms. The van der Waals surface area contributed by atoms with Crippen LogP contribution in [0, 0.1) is 13.8 Å². The summed E-state index contributed by atoms with van der Waals surface area (Å²) in [5, 5.41) is 0. The second-order valence-electron chi connectivity index (χ2n) is 5.55. The fraction of sp³-hybridized carbons (Fsp3) is 0.333. The van der Waals surface area contributed by atoms with Gasteiger partial charge in [0, 0.05) is 18.8 Å². The molecule has 1 heterocycles. The van der Waals surface area contributed by atoms with Crippen LogP contribution < -0.4 is 4.90 Å². The molecule has 2 aromatic carbocycles. The van der Waals surface area contributed by atoms with Crippen LogP contribution >= 0.6 is 0 Å². The minimum Gasteiger partial charge on any atom is -0.371 e. The summed E-state index contributed by atoms with van der Waals surface area (Å²) >= 11 is 0. The van der Waals surface area contributed by atoms with Crippen molar-refractivity contribution in [2.75, 3.05) is 18.0 Å². The summed E-state index contributed by atoms with van der Waals surface area (Å²) in [5.41, 5.74) is 7.28. The Labute approximate surface area is 115 Å². The van der Waals surface area contributed by atoms with E-state index in [1.807, 2.05) is 0 Å². The van der Waals surface area contributed by atoms with E-state index < -0.39 is 0 Å². The predicted octanol–water partition coefficient (Wildman–Crippen LogP) is 3.91. The Kier molecular flexibility index (Phi) is 3.29. The smallest absolute Gasteiger partial charge is 0.0404 e. The number of rotatable bonds is 3. The monoisotopic (exact) mass is 251 g/mol. The molecule has 0 atom stereocenters. The first-order valence-electron chi connectivity index (χ1n) is 7.13. The second kappa shape index (κ2) is 5.08. The molecule has 0 saturated heterocycles. The van der Waals surface area contributed by atoms with Crippen molar-refractivity contribution in [1.82, 2.24) is 0 Å².